The average molecular weight is 260 g/mol. The maximum Gasteiger partial charge on any atom is 0.502 e. The van der Waals surface area contributed by atoms with Crippen molar-refractivity contribution in [3.63, 3.8) is 0 Å². The normalized spacial score (nSPS) is 12.9. The number of pyridine rings is 1. The van der Waals surface area contributed by atoms with Crippen LogP contribution in [0.15, 0.2) is 17.2 Å². The van der Waals surface area contributed by atoms with Crippen molar-refractivity contribution in [2.45, 2.75) is 17.3 Å². The van der Waals surface area contributed by atoms with Crippen LogP contribution in [0.3, 0.4) is 0 Å². The summed E-state index contributed by atoms with van der Waals surface area (Å²) in [5.74, 6) is 0. The lowest BCUT2D eigenvalue weighted by Gasteiger charge is -2.09. The molecule has 0 radical (unpaired) electrons. The fourth-order valence-electron chi connectivity index (χ4n) is 0.839. The molecule has 0 unspecified atom stereocenters. The Morgan fingerprint density at radius 1 is 1.40 bits per heavy atom. The molecule has 0 amide bonds. The number of hydrogen-bond acceptors (Lipinski definition) is 3. The first kappa shape index (κ1) is 12.3. The second-order valence-corrected chi connectivity index (χ2v) is 5.02. The molecule has 84 valence electrons. The van der Waals surface area contributed by atoms with Gasteiger partial charge in [-0.1, -0.05) is 11.6 Å². The first-order valence-electron chi connectivity index (χ1n) is 3.60. The summed E-state index contributed by atoms with van der Waals surface area (Å²) in [6, 6.07) is 0.832. The van der Waals surface area contributed by atoms with Crippen LogP contribution in [0.1, 0.15) is 5.56 Å². The molecule has 0 aliphatic heterocycles. The van der Waals surface area contributed by atoms with Crippen LogP contribution in [-0.4, -0.2) is 18.9 Å². The number of nitrogens with zero attached hydrogens (tertiary/aromatic N) is 1. The lowest BCUT2D eigenvalue weighted by Crippen LogP contribution is -2.23. The Bertz CT molecular complexity index is 483. The molecule has 0 N–H and O–H groups in total. The molecule has 3 nitrogen and oxygen atoms in total. The SMILES string of the molecule is Cc1cnc(Cl)c(S(=O)(=O)C(F)(F)F)c1. The summed E-state index contributed by atoms with van der Waals surface area (Å²) >= 11 is 5.30. The number of hydrogen-bond donors (Lipinski definition) is 0. The highest BCUT2D eigenvalue weighted by atomic mass is 35.5. The highest BCUT2D eigenvalue weighted by molar-refractivity contribution is 7.92. The van der Waals surface area contributed by atoms with E-state index >= 15 is 0 Å². The molecule has 0 aliphatic rings. The Kier molecular flexibility index (Phi) is 2.97. The summed E-state index contributed by atoms with van der Waals surface area (Å²) in [4.78, 5) is 2.33. The first-order valence-corrected chi connectivity index (χ1v) is 5.46. The zero-order chi connectivity index (χ0) is 11.9. The van der Waals surface area contributed by atoms with E-state index in [2.05, 4.69) is 4.98 Å². The molecule has 0 atom stereocenters. The molecule has 15 heavy (non-hydrogen) atoms. The van der Waals surface area contributed by atoms with Crippen molar-refractivity contribution in [1.29, 1.82) is 0 Å². The highest BCUT2D eigenvalue weighted by Crippen LogP contribution is 2.33. The van der Waals surface area contributed by atoms with E-state index in [1.54, 1.807) is 0 Å². The van der Waals surface area contributed by atoms with Gasteiger partial charge in [-0.25, -0.2) is 13.4 Å². The number of rotatable bonds is 1. The summed E-state index contributed by atoms with van der Waals surface area (Å²) in [5, 5.41) is -0.682. The van der Waals surface area contributed by atoms with Crippen molar-refractivity contribution in [2.24, 2.45) is 0 Å². The van der Waals surface area contributed by atoms with Crippen molar-refractivity contribution < 1.29 is 21.6 Å². The molecule has 0 aliphatic carbocycles. The van der Waals surface area contributed by atoms with Crippen LogP contribution in [0.25, 0.3) is 0 Å². The van der Waals surface area contributed by atoms with Gasteiger partial charge in [0.2, 0.25) is 0 Å². The van der Waals surface area contributed by atoms with Crippen LogP contribution in [0.2, 0.25) is 5.15 Å². The summed E-state index contributed by atoms with van der Waals surface area (Å²) in [7, 11) is -5.42. The van der Waals surface area contributed by atoms with Crippen LogP contribution < -0.4 is 0 Å². The predicted molar refractivity (Wildman–Crippen MR) is 47.2 cm³/mol. The Labute approximate surface area is 88.8 Å². The van der Waals surface area contributed by atoms with Gasteiger partial charge in [-0.3, -0.25) is 0 Å². The molecule has 0 fully saturated rings. The van der Waals surface area contributed by atoms with E-state index in [9.17, 15) is 21.6 Å². The van der Waals surface area contributed by atoms with Crippen LogP contribution in [-0.2, 0) is 9.84 Å². The third-order valence-corrected chi connectivity index (χ3v) is 3.45. The molecule has 1 aromatic rings. The standard InChI is InChI=1S/C7H5ClF3NO2S/c1-4-2-5(6(8)12-3-4)15(13,14)7(9,10)11/h2-3H,1H3. The van der Waals surface area contributed by atoms with Gasteiger partial charge < -0.3 is 0 Å². The van der Waals surface area contributed by atoms with Crippen LogP contribution in [0, 0.1) is 6.92 Å². The Morgan fingerprint density at radius 2 is 1.93 bits per heavy atom. The maximum absolute atomic E-state index is 12.2. The van der Waals surface area contributed by atoms with E-state index < -0.39 is 25.4 Å². The second-order valence-electron chi connectivity index (χ2n) is 2.75. The van der Waals surface area contributed by atoms with E-state index in [1.807, 2.05) is 0 Å². The number of alkyl halides is 3. The first-order chi connectivity index (χ1) is 6.66. The van der Waals surface area contributed by atoms with Crippen LogP contribution >= 0.6 is 11.6 Å². The maximum atomic E-state index is 12.2. The third-order valence-electron chi connectivity index (χ3n) is 1.54. The Balaban J connectivity index is 3.47. The number of aromatic nitrogens is 1. The van der Waals surface area contributed by atoms with E-state index in [1.165, 1.54) is 13.1 Å². The molecule has 0 spiro atoms. The average Bonchev–Trinajstić information content (AvgIpc) is 2.07. The Morgan fingerprint density at radius 3 is 2.40 bits per heavy atom. The quantitative estimate of drug-likeness (QED) is 0.727. The summed E-state index contributed by atoms with van der Waals surface area (Å²) < 4.78 is 58.4. The minimum atomic E-state index is -5.42. The van der Waals surface area contributed by atoms with E-state index in [4.69, 9.17) is 11.6 Å². The van der Waals surface area contributed by atoms with Gasteiger partial charge in [0, 0.05) is 6.20 Å². The highest BCUT2D eigenvalue weighted by Gasteiger charge is 2.48. The third kappa shape index (κ3) is 2.23. The van der Waals surface area contributed by atoms with Gasteiger partial charge in [0.25, 0.3) is 9.84 Å². The molecular formula is C7H5ClF3NO2S. The monoisotopic (exact) mass is 259 g/mol. The molecule has 1 aromatic heterocycles. The van der Waals surface area contributed by atoms with Crippen molar-refractivity contribution >= 4 is 21.4 Å². The second kappa shape index (κ2) is 3.64. The van der Waals surface area contributed by atoms with Crippen molar-refractivity contribution in [3.8, 4) is 0 Å². The van der Waals surface area contributed by atoms with Crippen LogP contribution in [0.4, 0.5) is 13.2 Å². The number of halogens is 4. The van der Waals surface area contributed by atoms with E-state index in [0.717, 1.165) is 6.07 Å². The molecule has 8 heteroatoms. The van der Waals surface area contributed by atoms with Gasteiger partial charge in [0.05, 0.1) is 0 Å². The molecule has 0 aromatic carbocycles. The Hall–Kier alpha value is -0.820. The van der Waals surface area contributed by atoms with Gasteiger partial charge in [-0.15, -0.1) is 0 Å². The van der Waals surface area contributed by atoms with Crippen molar-refractivity contribution in [2.75, 3.05) is 0 Å². The fourth-order valence-corrected chi connectivity index (χ4v) is 2.11. The smallest absolute Gasteiger partial charge is 0.243 e. The zero-order valence-corrected chi connectivity index (χ0v) is 8.91. The van der Waals surface area contributed by atoms with E-state index in [0.29, 0.717) is 0 Å². The lowest BCUT2D eigenvalue weighted by molar-refractivity contribution is -0.0436. The minimum absolute atomic E-state index is 0.280. The number of aryl methyl sites for hydroxylation is 1. The summed E-state index contributed by atoms with van der Waals surface area (Å²) in [6.07, 6.45) is 1.18. The van der Waals surface area contributed by atoms with Crippen molar-refractivity contribution in [1.82, 2.24) is 4.98 Å². The van der Waals surface area contributed by atoms with Gasteiger partial charge in [-0.2, -0.15) is 13.2 Å². The lowest BCUT2D eigenvalue weighted by atomic mass is 10.3. The molecule has 0 saturated carbocycles. The van der Waals surface area contributed by atoms with Gasteiger partial charge in [0.15, 0.2) is 0 Å². The minimum Gasteiger partial charge on any atom is -0.243 e. The summed E-state index contributed by atoms with van der Waals surface area (Å²) in [5.41, 5.74) is -5.09. The van der Waals surface area contributed by atoms with Gasteiger partial charge in [-0.05, 0) is 18.6 Å². The zero-order valence-electron chi connectivity index (χ0n) is 7.34. The molecular weight excluding hydrogens is 255 g/mol. The molecule has 1 rings (SSSR count). The van der Waals surface area contributed by atoms with E-state index in [-0.39, 0.29) is 5.56 Å². The largest absolute Gasteiger partial charge is 0.502 e. The van der Waals surface area contributed by atoms with Crippen molar-refractivity contribution in [3.05, 3.63) is 23.0 Å². The molecule has 0 bridgehead atoms. The van der Waals surface area contributed by atoms with Gasteiger partial charge in [0.1, 0.15) is 10.0 Å². The number of sulfone groups is 1. The topological polar surface area (TPSA) is 47.0 Å². The predicted octanol–water partition coefficient (Wildman–Crippen LogP) is 2.34. The summed E-state index contributed by atoms with van der Waals surface area (Å²) in [6.45, 7) is 1.42. The fraction of sp³-hybridized carbons (Fsp3) is 0.286. The molecule has 1 heterocycles. The molecule has 0 saturated heterocycles. The van der Waals surface area contributed by atoms with Crippen LogP contribution in [0.5, 0.6) is 0 Å². The van der Waals surface area contributed by atoms with Gasteiger partial charge >= 0.3 is 5.51 Å².